The number of rotatable bonds is 6. The van der Waals surface area contributed by atoms with Crippen molar-refractivity contribution in [2.45, 2.75) is 76.9 Å². The van der Waals surface area contributed by atoms with E-state index in [0.29, 0.717) is 18.9 Å². The Labute approximate surface area is 143 Å². The number of fused-ring (bicyclic) bond motifs is 1. The summed E-state index contributed by atoms with van der Waals surface area (Å²) in [5.41, 5.74) is 0. The van der Waals surface area contributed by atoms with Gasteiger partial charge in [-0.1, -0.05) is 19.3 Å². The third kappa shape index (κ3) is 4.26. The highest BCUT2D eigenvalue weighted by atomic mass is 16.3. The molecule has 1 aliphatic heterocycles. The van der Waals surface area contributed by atoms with Crippen LogP contribution in [-0.4, -0.2) is 38.6 Å². The summed E-state index contributed by atoms with van der Waals surface area (Å²) in [5.74, 6) is 2.34. The minimum Gasteiger partial charge on any atom is -0.396 e. The fourth-order valence-electron chi connectivity index (χ4n) is 3.98. The molecule has 2 amide bonds. The monoisotopic (exact) mass is 335 g/mol. The number of hydrogen-bond acceptors (Lipinski definition) is 4. The molecular weight excluding hydrogens is 306 g/mol. The maximum atomic E-state index is 12.3. The summed E-state index contributed by atoms with van der Waals surface area (Å²) in [6, 6.07) is -0.116. The number of aryl methyl sites for hydroxylation is 1. The SMILES string of the molecule is O=C(NCc1nnc2n1CCCC2)N[C@H](CCO)C1CCCCC1. The molecule has 1 fully saturated rings. The first-order valence-electron chi connectivity index (χ1n) is 9.34. The first-order valence-corrected chi connectivity index (χ1v) is 9.34. The summed E-state index contributed by atoms with van der Waals surface area (Å²) >= 11 is 0. The lowest BCUT2D eigenvalue weighted by Gasteiger charge is -2.30. The van der Waals surface area contributed by atoms with E-state index in [1.165, 1.54) is 19.3 Å². The quantitative estimate of drug-likeness (QED) is 0.738. The zero-order valence-electron chi connectivity index (χ0n) is 14.3. The Morgan fingerprint density at radius 2 is 2.04 bits per heavy atom. The van der Waals surface area contributed by atoms with Gasteiger partial charge in [-0.05, 0) is 38.0 Å². The van der Waals surface area contributed by atoms with Crippen molar-refractivity contribution >= 4 is 6.03 Å². The summed E-state index contributed by atoms with van der Waals surface area (Å²) in [7, 11) is 0. The zero-order valence-corrected chi connectivity index (χ0v) is 14.3. The van der Waals surface area contributed by atoms with Crippen molar-refractivity contribution < 1.29 is 9.90 Å². The Kier molecular flexibility index (Phi) is 6.07. The predicted molar refractivity (Wildman–Crippen MR) is 90.4 cm³/mol. The Balaban J connectivity index is 1.51. The Morgan fingerprint density at radius 3 is 2.83 bits per heavy atom. The van der Waals surface area contributed by atoms with Gasteiger partial charge in [-0.15, -0.1) is 10.2 Å². The molecule has 24 heavy (non-hydrogen) atoms. The van der Waals surface area contributed by atoms with Crippen molar-refractivity contribution in [3.63, 3.8) is 0 Å². The van der Waals surface area contributed by atoms with Gasteiger partial charge in [-0.3, -0.25) is 0 Å². The van der Waals surface area contributed by atoms with Gasteiger partial charge < -0.3 is 20.3 Å². The van der Waals surface area contributed by atoms with Gasteiger partial charge in [0.2, 0.25) is 0 Å². The molecule has 134 valence electrons. The number of aromatic nitrogens is 3. The average Bonchev–Trinajstić information content (AvgIpc) is 3.04. The van der Waals surface area contributed by atoms with Crippen molar-refractivity contribution in [2.24, 2.45) is 5.92 Å². The van der Waals surface area contributed by atoms with Crippen LogP contribution in [0.25, 0.3) is 0 Å². The van der Waals surface area contributed by atoms with Crippen LogP contribution >= 0.6 is 0 Å². The lowest BCUT2D eigenvalue weighted by molar-refractivity contribution is 0.196. The standard InChI is InChI=1S/C17H29N5O2/c23-11-9-14(13-6-2-1-3-7-13)19-17(24)18-12-16-21-20-15-8-4-5-10-22(15)16/h13-14,23H,1-12H2,(H2,18,19,24)/t14-/m1/s1. The van der Waals surface area contributed by atoms with Gasteiger partial charge in [0, 0.05) is 25.6 Å². The van der Waals surface area contributed by atoms with E-state index in [1.54, 1.807) is 0 Å². The molecule has 7 nitrogen and oxygen atoms in total. The molecule has 2 aliphatic rings. The van der Waals surface area contributed by atoms with Crippen LogP contribution in [0, 0.1) is 5.92 Å². The van der Waals surface area contributed by atoms with Crippen molar-refractivity contribution in [1.29, 1.82) is 0 Å². The van der Waals surface area contributed by atoms with Gasteiger partial charge in [0.15, 0.2) is 5.82 Å². The van der Waals surface area contributed by atoms with E-state index in [2.05, 4.69) is 25.4 Å². The second-order valence-corrected chi connectivity index (χ2v) is 6.99. The number of carbonyl (C=O) groups is 1. The first-order chi connectivity index (χ1) is 11.8. The number of carbonyl (C=O) groups excluding carboxylic acids is 1. The van der Waals surface area contributed by atoms with Crippen LogP contribution in [0.15, 0.2) is 0 Å². The fraction of sp³-hybridized carbons (Fsp3) is 0.824. The van der Waals surface area contributed by atoms with E-state index in [1.807, 2.05) is 0 Å². The van der Waals surface area contributed by atoms with E-state index in [0.717, 1.165) is 50.3 Å². The molecule has 1 aliphatic carbocycles. The van der Waals surface area contributed by atoms with Crippen molar-refractivity contribution in [3.05, 3.63) is 11.6 Å². The molecule has 1 aromatic rings. The molecule has 0 bridgehead atoms. The molecule has 1 aromatic heterocycles. The highest BCUT2D eigenvalue weighted by Crippen LogP contribution is 2.27. The Morgan fingerprint density at radius 1 is 1.21 bits per heavy atom. The normalized spacial score (nSPS) is 19.5. The van der Waals surface area contributed by atoms with Gasteiger partial charge in [0.05, 0.1) is 6.54 Å². The minimum absolute atomic E-state index is 0.0580. The van der Waals surface area contributed by atoms with Crippen LogP contribution < -0.4 is 10.6 Å². The number of amides is 2. The van der Waals surface area contributed by atoms with Gasteiger partial charge in [-0.2, -0.15) is 0 Å². The Bertz CT molecular complexity index is 539. The van der Waals surface area contributed by atoms with E-state index in [-0.39, 0.29) is 18.7 Å². The molecule has 3 N–H and O–H groups in total. The highest BCUT2D eigenvalue weighted by Gasteiger charge is 2.25. The van der Waals surface area contributed by atoms with Crippen molar-refractivity contribution in [2.75, 3.05) is 6.61 Å². The maximum absolute atomic E-state index is 12.3. The number of aliphatic hydroxyl groups excluding tert-OH is 1. The number of nitrogens with zero attached hydrogens (tertiary/aromatic N) is 3. The van der Waals surface area contributed by atoms with Crippen LogP contribution in [0.4, 0.5) is 4.79 Å². The topological polar surface area (TPSA) is 92.1 Å². The van der Waals surface area contributed by atoms with Gasteiger partial charge in [0.25, 0.3) is 0 Å². The molecule has 3 rings (SSSR count). The molecule has 0 saturated heterocycles. The summed E-state index contributed by atoms with van der Waals surface area (Å²) in [6.07, 6.45) is 9.92. The van der Waals surface area contributed by atoms with Crippen LogP contribution in [0.1, 0.15) is 63.0 Å². The molecule has 1 saturated carbocycles. The van der Waals surface area contributed by atoms with E-state index < -0.39 is 0 Å². The highest BCUT2D eigenvalue weighted by molar-refractivity contribution is 5.74. The summed E-state index contributed by atoms with van der Waals surface area (Å²) in [6.45, 7) is 1.45. The third-order valence-corrected chi connectivity index (χ3v) is 5.32. The maximum Gasteiger partial charge on any atom is 0.315 e. The summed E-state index contributed by atoms with van der Waals surface area (Å²) < 4.78 is 2.12. The van der Waals surface area contributed by atoms with Crippen LogP contribution in [0.5, 0.6) is 0 Å². The number of urea groups is 1. The summed E-state index contributed by atoms with van der Waals surface area (Å²) in [4.78, 5) is 12.3. The minimum atomic E-state index is -0.174. The molecule has 0 unspecified atom stereocenters. The Hall–Kier alpha value is -1.63. The van der Waals surface area contributed by atoms with Crippen LogP contribution in [-0.2, 0) is 19.5 Å². The van der Waals surface area contributed by atoms with Gasteiger partial charge in [0.1, 0.15) is 5.82 Å². The van der Waals surface area contributed by atoms with E-state index in [4.69, 9.17) is 0 Å². The van der Waals surface area contributed by atoms with E-state index in [9.17, 15) is 9.90 Å². The van der Waals surface area contributed by atoms with Crippen LogP contribution in [0.2, 0.25) is 0 Å². The zero-order chi connectivity index (χ0) is 16.8. The average molecular weight is 335 g/mol. The molecule has 0 aromatic carbocycles. The van der Waals surface area contributed by atoms with Crippen molar-refractivity contribution in [1.82, 2.24) is 25.4 Å². The number of hydrogen-bond donors (Lipinski definition) is 3. The number of nitrogens with one attached hydrogen (secondary N) is 2. The van der Waals surface area contributed by atoms with Crippen LogP contribution in [0.3, 0.4) is 0 Å². The summed E-state index contributed by atoms with van der Waals surface area (Å²) in [5, 5.41) is 23.7. The predicted octanol–water partition coefficient (Wildman–Crippen LogP) is 1.74. The molecule has 0 spiro atoms. The van der Waals surface area contributed by atoms with Gasteiger partial charge in [-0.25, -0.2) is 4.79 Å². The van der Waals surface area contributed by atoms with Crippen molar-refractivity contribution in [3.8, 4) is 0 Å². The smallest absolute Gasteiger partial charge is 0.315 e. The second kappa shape index (κ2) is 8.46. The fourth-order valence-corrected chi connectivity index (χ4v) is 3.98. The molecule has 7 heteroatoms. The largest absolute Gasteiger partial charge is 0.396 e. The molecule has 1 atom stereocenters. The number of aliphatic hydroxyl groups is 1. The third-order valence-electron chi connectivity index (χ3n) is 5.32. The van der Waals surface area contributed by atoms with E-state index >= 15 is 0 Å². The molecule has 0 radical (unpaired) electrons. The molecule has 2 heterocycles. The van der Waals surface area contributed by atoms with Gasteiger partial charge >= 0.3 is 6.03 Å². The first kappa shape index (κ1) is 17.2. The second-order valence-electron chi connectivity index (χ2n) is 6.99. The lowest BCUT2D eigenvalue weighted by atomic mass is 9.83. The lowest BCUT2D eigenvalue weighted by Crippen LogP contribution is -2.46. The molecular formula is C17H29N5O2.